The first-order chi connectivity index (χ1) is 8.94. The van der Waals surface area contributed by atoms with Gasteiger partial charge in [-0.05, 0) is 24.3 Å². The summed E-state index contributed by atoms with van der Waals surface area (Å²) < 4.78 is 5.26. The molecule has 2 heterocycles. The van der Waals surface area contributed by atoms with Crippen molar-refractivity contribution < 1.29 is 9.53 Å². The van der Waals surface area contributed by atoms with Crippen LogP contribution in [0.2, 0.25) is 0 Å². The van der Waals surface area contributed by atoms with Crippen molar-refractivity contribution in [3.05, 3.63) is 22.4 Å². The first-order valence-corrected chi connectivity index (χ1v) is 7.51. The highest BCUT2D eigenvalue weighted by Crippen LogP contribution is 2.27. The second-order valence-electron chi connectivity index (χ2n) is 5.81. The van der Waals surface area contributed by atoms with Gasteiger partial charge in [-0.15, -0.1) is 11.3 Å². The van der Waals surface area contributed by atoms with Gasteiger partial charge in [0.2, 0.25) is 5.91 Å². The van der Waals surface area contributed by atoms with Crippen molar-refractivity contribution >= 4 is 17.2 Å². The summed E-state index contributed by atoms with van der Waals surface area (Å²) in [6.45, 7) is 6.00. The molecule has 5 heteroatoms. The molecule has 1 saturated heterocycles. The van der Waals surface area contributed by atoms with E-state index in [1.807, 2.05) is 6.07 Å². The number of thiophene rings is 1. The van der Waals surface area contributed by atoms with E-state index in [9.17, 15) is 4.79 Å². The molecule has 1 aromatic heterocycles. The molecule has 3 N–H and O–H groups in total. The van der Waals surface area contributed by atoms with Crippen LogP contribution in [0.25, 0.3) is 0 Å². The van der Waals surface area contributed by atoms with Gasteiger partial charge in [0, 0.05) is 30.1 Å². The Morgan fingerprint density at radius 2 is 2.21 bits per heavy atom. The topological polar surface area (TPSA) is 64.4 Å². The van der Waals surface area contributed by atoms with E-state index in [1.54, 1.807) is 11.3 Å². The summed E-state index contributed by atoms with van der Waals surface area (Å²) in [6.07, 6.45) is 1.19. The molecule has 0 saturated carbocycles. The smallest absolute Gasteiger partial charge is 0.240 e. The van der Waals surface area contributed by atoms with E-state index in [4.69, 9.17) is 10.5 Å². The Kier molecular flexibility index (Phi) is 4.28. The van der Waals surface area contributed by atoms with Crippen LogP contribution in [-0.4, -0.2) is 31.2 Å². The lowest BCUT2D eigenvalue weighted by atomic mass is 9.88. The first kappa shape index (κ1) is 14.5. The zero-order valence-corrected chi connectivity index (χ0v) is 12.4. The second-order valence-corrected chi connectivity index (χ2v) is 6.76. The van der Waals surface area contributed by atoms with Crippen LogP contribution in [0.3, 0.4) is 0 Å². The number of nitrogens with one attached hydrogen (secondary N) is 1. The summed E-state index contributed by atoms with van der Waals surface area (Å²) >= 11 is 1.71. The van der Waals surface area contributed by atoms with Crippen LogP contribution in [0.15, 0.2) is 17.5 Å². The fourth-order valence-corrected chi connectivity index (χ4v) is 3.04. The maximum absolute atomic E-state index is 12.2. The van der Waals surface area contributed by atoms with Gasteiger partial charge < -0.3 is 15.8 Å². The van der Waals surface area contributed by atoms with Crippen LogP contribution in [0.1, 0.15) is 31.6 Å². The molecule has 4 nitrogen and oxygen atoms in total. The minimum absolute atomic E-state index is 0.0552. The van der Waals surface area contributed by atoms with Gasteiger partial charge in [-0.25, -0.2) is 0 Å². The molecule has 19 heavy (non-hydrogen) atoms. The van der Waals surface area contributed by atoms with Gasteiger partial charge in [-0.2, -0.15) is 0 Å². The van der Waals surface area contributed by atoms with Crippen molar-refractivity contribution in [2.75, 3.05) is 19.8 Å². The minimum Gasteiger partial charge on any atom is -0.381 e. The molecule has 1 aliphatic rings. The van der Waals surface area contributed by atoms with Gasteiger partial charge >= 0.3 is 0 Å². The number of carbonyl (C=O) groups excluding carboxylic acids is 1. The predicted octanol–water partition coefficient (Wildman–Crippen LogP) is 1.65. The summed E-state index contributed by atoms with van der Waals surface area (Å²) in [4.78, 5) is 13.5. The van der Waals surface area contributed by atoms with E-state index >= 15 is 0 Å². The van der Waals surface area contributed by atoms with Gasteiger partial charge in [-0.3, -0.25) is 4.79 Å². The standard InChI is InChI=1S/C14H22N2O2S/c1-13(2,11-4-3-9-19-11)10-16-12(17)14(15)5-7-18-8-6-14/h3-4,9H,5-8,10,15H2,1-2H3,(H,16,17). The molecule has 0 aromatic carbocycles. The molecule has 0 unspecified atom stereocenters. The molecule has 0 atom stereocenters. The highest BCUT2D eigenvalue weighted by atomic mass is 32.1. The molecule has 0 radical (unpaired) electrons. The van der Waals surface area contributed by atoms with E-state index in [0.717, 1.165) is 0 Å². The van der Waals surface area contributed by atoms with Crippen LogP contribution in [0.5, 0.6) is 0 Å². The van der Waals surface area contributed by atoms with Crippen molar-refractivity contribution in [2.45, 2.75) is 37.6 Å². The predicted molar refractivity (Wildman–Crippen MR) is 77.3 cm³/mol. The third-order valence-corrected chi connectivity index (χ3v) is 4.95. The zero-order chi connectivity index (χ0) is 13.9. The normalized spacial score (nSPS) is 19.1. The molecule has 1 fully saturated rings. The molecule has 2 rings (SSSR count). The number of carbonyl (C=O) groups is 1. The number of ether oxygens (including phenoxy) is 1. The molecule has 1 amide bonds. The molecule has 0 bridgehead atoms. The number of rotatable bonds is 4. The van der Waals surface area contributed by atoms with Crippen molar-refractivity contribution in [3.63, 3.8) is 0 Å². The van der Waals surface area contributed by atoms with E-state index in [0.29, 0.717) is 32.6 Å². The average molecular weight is 282 g/mol. The van der Waals surface area contributed by atoms with Crippen molar-refractivity contribution in [2.24, 2.45) is 5.73 Å². The van der Waals surface area contributed by atoms with Crippen molar-refractivity contribution in [1.29, 1.82) is 0 Å². The van der Waals surface area contributed by atoms with E-state index in [2.05, 4.69) is 30.6 Å². The lowest BCUT2D eigenvalue weighted by molar-refractivity contribution is -0.130. The van der Waals surface area contributed by atoms with Crippen LogP contribution in [0.4, 0.5) is 0 Å². The lowest BCUT2D eigenvalue weighted by Gasteiger charge is -2.33. The number of hydrogen-bond donors (Lipinski definition) is 2. The van der Waals surface area contributed by atoms with Crippen molar-refractivity contribution in [1.82, 2.24) is 5.32 Å². The summed E-state index contributed by atoms with van der Waals surface area (Å²) in [6, 6.07) is 4.13. The molecule has 0 spiro atoms. The first-order valence-electron chi connectivity index (χ1n) is 6.63. The molecule has 106 valence electrons. The van der Waals surface area contributed by atoms with E-state index < -0.39 is 5.54 Å². The zero-order valence-electron chi connectivity index (χ0n) is 11.6. The Morgan fingerprint density at radius 1 is 1.53 bits per heavy atom. The van der Waals surface area contributed by atoms with E-state index in [1.165, 1.54) is 4.88 Å². The number of amides is 1. The highest BCUT2D eigenvalue weighted by Gasteiger charge is 2.36. The van der Waals surface area contributed by atoms with Crippen LogP contribution >= 0.6 is 11.3 Å². The van der Waals surface area contributed by atoms with Gasteiger partial charge in [-0.1, -0.05) is 19.9 Å². The maximum atomic E-state index is 12.2. The summed E-state index contributed by atoms with van der Waals surface area (Å²) in [5.74, 6) is -0.0552. The van der Waals surface area contributed by atoms with Gasteiger partial charge in [0.15, 0.2) is 0 Å². The molecule has 0 aliphatic carbocycles. The number of nitrogens with two attached hydrogens (primary N) is 1. The largest absolute Gasteiger partial charge is 0.381 e. The molecular weight excluding hydrogens is 260 g/mol. The maximum Gasteiger partial charge on any atom is 0.240 e. The average Bonchev–Trinajstić information content (AvgIpc) is 2.91. The fourth-order valence-electron chi connectivity index (χ4n) is 2.19. The summed E-state index contributed by atoms with van der Waals surface area (Å²) in [7, 11) is 0. The molecular formula is C14H22N2O2S. The fraction of sp³-hybridized carbons (Fsp3) is 0.643. The van der Waals surface area contributed by atoms with Crippen LogP contribution in [0, 0.1) is 0 Å². The van der Waals surface area contributed by atoms with Gasteiger partial charge in [0.25, 0.3) is 0 Å². The molecule has 1 aliphatic heterocycles. The quantitative estimate of drug-likeness (QED) is 0.882. The Labute approximate surface area is 118 Å². The SMILES string of the molecule is CC(C)(CNC(=O)C1(N)CCOCC1)c1cccs1. The van der Waals surface area contributed by atoms with Crippen molar-refractivity contribution in [3.8, 4) is 0 Å². The monoisotopic (exact) mass is 282 g/mol. The molecule has 1 aromatic rings. The third kappa shape index (κ3) is 3.35. The Morgan fingerprint density at radius 3 is 2.79 bits per heavy atom. The third-order valence-electron chi connectivity index (χ3n) is 3.72. The van der Waals surface area contributed by atoms with Crippen LogP contribution < -0.4 is 11.1 Å². The summed E-state index contributed by atoms with van der Waals surface area (Å²) in [5, 5.41) is 5.07. The van der Waals surface area contributed by atoms with Crippen LogP contribution in [-0.2, 0) is 14.9 Å². The van der Waals surface area contributed by atoms with Gasteiger partial charge in [0.05, 0.1) is 5.54 Å². The van der Waals surface area contributed by atoms with Gasteiger partial charge in [0.1, 0.15) is 0 Å². The Hall–Kier alpha value is -0.910. The highest BCUT2D eigenvalue weighted by molar-refractivity contribution is 7.10. The second kappa shape index (κ2) is 5.61. The number of hydrogen-bond acceptors (Lipinski definition) is 4. The van der Waals surface area contributed by atoms with E-state index in [-0.39, 0.29) is 11.3 Å². The lowest BCUT2D eigenvalue weighted by Crippen LogP contribution is -2.58. The summed E-state index contributed by atoms with van der Waals surface area (Å²) in [5.41, 5.74) is 5.34. The Balaban J connectivity index is 1.93. The Bertz CT molecular complexity index is 423. The minimum atomic E-state index is -0.760.